The van der Waals surface area contributed by atoms with E-state index in [1.807, 2.05) is 24.3 Å². The monoisotopic (exact) mass is 342 g/mol. The van der Waals surface area contributed by atoms with Crippen molar-refractivity contribution < 1.29 is 18.8 Å². The molecule has 2 aliphatic rings. The Bertz CT molecular complexity index is 757. The first-order chi connectivity index (χ1) is 12.2. The highest BCUT2D eigenvalue weighted by Gasteiger charge is 2.40. The van der Waals surface area contributed by atoms with Crippen molar-refractivity contribution in [2.75, 3.05) is 7.11 Å². The lowest BCUT2D eigenvalue weighted by Gasteiger charge is -2.20. The lowest BCUT2D eigenvalue weighted by Crippen LogP contribution is -2.17. The summed E-state index contributed by atoms with van der Waals surface area (Å²) in [5.41, 5.74) is 0.794. The van der Waals surface area contributed by atoms with E-state index in [4.69, 9.17) is 14.0 Å². The van der Waals surface area contributed by atoms with Gasteiger partial charge in [0.1, 0.15) is 5.75 Å². The first-order valence-corrected chi connectivity index (χ1v) is 8.84. The number of hydrogen-bond acceptors (Lipinski definition) is 6. The van der Waals surface area contributed by atoms with Gasteiger partial charge in [-0.25, -0.2) is 0 Å². The minimum Gasteiger partial charge on any atom is -0.497 e. The van der Waals surface area contributed by atoms with Gasteiger partial charge in [-0.05, 0) is 49.1 Å². The highest BCUT2D eigenvalue weighted by Crippen LogP contribution is 2.49. The Balaban J connectivity index is 1.31. The number of benzene rings is 1. The number of fused-ring (bicyclic) bond motifs is 2. The van der Waals surface area contributed by atoms with Gasteiger partial charge in [-0.15, -0.1) is 0 Å². The average molecular weight is 342 g/mol. The van der Waals surface area contributed by atoms with Gasteiger partial charge < -0.3 is 14.0 Å². The second-order valence-corrected chi connectivity index (χ2v) is 7.04. The van der Waals surface area contributed by atoms with E-state index in [-0.39, 0.29) is 12.6 Å². The van der Waals surface area contributed by atoms with Crippen molar-refractivity contribution in [1.82, 2.24) is 10.1 Å². The summed E-state index contributed by atoms with van der Waals surface area (Å²) in [4.78, 5) is 16.4. The molecule has 4 rings (SSSR count). The van der Waals surface area contributed by atoms with Crippen LogP contribution in [-0.4, -0.2) is 23.2 Å². The molecule has 2 aromatic rings. The van der Waals surface area contributed by atoms with E-state index in [2.05, 4.69) is 10.1 Å². The zero-order valence-corrected chi connectivity index (χ0v) is 14.3. The van der Waals surface area contributed by atoms with E-state index >= 15 is 0 Å². The molecule has 1 heterocycles. The lowest BCUT2D eigenvalue weighted by molar-refractivity contribution is -0.147. The highest BCUT2D eigenvalue weighted by molar-refractivity contribution is 5.69. The van der Waals surface area contributed by atoms with Crippen LogP contribution in [0.25, 0.3) is 11.4 Å². The molecule has 0 N–H and O–H groups in total. The molecule has 2 bridgehead atoms. The molecule has 2 saturated carbocycles. The molecular formula is C19H22N2O4. The van der Waals surface area contributed by atoms with Crippen molar-refractivity contribution in [3.8, 4) is 17.1 Å². The quantitative estimate of drug-likeness (QED) is 0.747. The van der Waals surface area contributed by atoms with Gasteiger partial charge in [0, 0.05) is 12.0 Å². The Morgan fingerprint density at radius 2 is 2.24 bits per heavy atom. The van der Waals surface area contributed by atoms with Crippen molar-refractivity contribution in [1.29, 1.82) is 0 Å². The first kappa shape index (κ1) is 16.1. The second-order valence-electron chi connectivity index (χ2n) is 7.04. The van der Waals surface area contributed by atoms with Gasteiger partial charge >= 0.3 is 5.97 Å². The molecule has 0 saturated heterocycles. The van der Waals surface area contributed by atoms with Crippen LogP contribution in [0.4, 0.5) is 0 Å². The number of methoxy groups -OCH3 is 1. The summed E-state index contributed by atoms with van der Waals surface area (Å²) in [6, 6.07) is 7.41. The Morgan fingerprint density at radius 1 is 1.32 bits per heavy atom. The number of ether oxygens (including phenoxy) is 2. The second kappa shape index (κ2) is 6.86. The molecule has 1 aromatic carbocycles. The number of esters is 1. The predicted molar refractivity (Wildman–Crippen MR) is 89.6 cm³/mol. The lowest BCUT2D eigenvalue weighted by atomic mass is 9.86. The van der Waals surface area contributed by atoms with E-state index in [0.29, 0.717) is 24.1 Å². The Kier molecular flexibility index (Phi) is 4.42. The zero-order valence-electron chi connectivity index (χ0n) is 14.3. The number of hydrogen-bond donors (Lipinski definition) is 0. The van der Waals surface area contributed by atoms with Crippen LogP contribution in [0.1, 0.15) is 38.0 Å². The normalized spacial score (nSPS) is 24.4. The molecule has 6 nitrogen and oxygen atoms in total. The fourth-order valence-electron chi connectivity index (χ4n) is 4.23. The van der Waals surface area contributed by atoms with Gasteiger partial charge in [0.05, 0.1) is 7.11 Å². The number of rotatable bonds is 6. The summed E-state index contributed by atoms with van der Waals surface area (Å²) in [5, 5.41) is 3.94. The summed E-state index contributed by atoms with van der Waals surface area (Å²) in [6.45, 7) is 0.0244. The molecule has 25 heavy (non-hydrogen) atoms. The van der Waals surface area contributed by atoms with Gasteiger partial charge in [-0.2, -0.15) is 4.98 Å². The first-order valence-electron chi connectivity index (χ1n) is 8.84. The predicted octanol–water partition coefficient (Wildman–Crippen LogP) is 3.61. The van der Waals surface area contributed by atoms with E-state index < -0.39 is 0 Å². The fourth-order valence-corrected chi connectivity index (χ4v) is 4.23. The maximum absolute atomic E-state index is 12.1. The third kappa shape index (κ3) is 3.52. The molecule has 0 spiro atoms. The van der Waals surface area contributed by atoms with Crippen molar-refractivity contribution in [2.24, 2.45) is 17.8 Å². The van der Waals surface area contributed by atoms with Crippen LogP contribution >= 0.6 is 0 Å². The molecule has 0 aliphatic heterocycles. The standard InChI is InChI=1S/C19H22N2O4/c1-23-16-4-2-3-14(9-16)19-20-17(25-21-19)11-24-18(22)10-15-8-12-5-6-13(15)7-12/h2-4,9,12-13,15H,5-8,10-11H2,1H3/t12-,13-,15-/m1/s1. The summed E-state index contributed by atoms with van der Waals surface area (Å²) in [6.07, 6.45) is 5.60. The van der Waals surface area contributed by atoms with Crippen molar-refractivity contribution >= 4 is 5.97 Å². The molecule has 2 aliphatic carbocycles. The van der Waals surface area contributed by atoms with Gasteiger partial charge in [-0.3, -0.25) is 4.79 Å². The number of aromatic nitrogens is 2. The molecular weight excluding hydrogens is 320 g/mol. The summed E-state index contributed by atoms with van der Waals surface area (Å²) >= 11 is 0. The molecule has 2 fully saturated rings. The largest absolute Gasteiger partial charge is 0.497 e. The minimum atomic E-state index is -0.168. The summed E-state index contributed by atoms with van der Waals surface area (Å²) in [5.74, 6) is 3.38. The Morgan fingerprint density at radius 3 is 3.00 bits per heavy atom. The third-order valence-electron chi connectivity index (χ3n) is 5.47. The van der Waals surface area contributed by atoms with Crippen molar-refractivity contribution in [3.63, 3.8) is 0 Å². The minimum absolute atomic E-state index is 0.0244. The van der Waals surface area contributed by atoms with Gasteiger partial charge in [-0.1, -0.05) is 23.7 Å². The van der Waals surface area contributed by atoms with E-state index in [9.17, 15) is 4.79 Å². The molecule has 0 radical (unpaired) electrons. The van der Waals surface area contributed by atoms with Crippen LogP contribution in [0.5, 0.6) is 5.75 Å². The summed E-state index contributed by atoms with van der Waals surface area (Å²) in [7, 11) is 1.61. The van der Waals surface area contributed by atoms with Crippen LogP contribution in [0.15, 0.2) is 28.8 Å². The smallest absolute Gasteiger partial charge is 0.306 e. The van der Waals surface area contributed by atoms with Crippen molar-refractivity contribution in [3.05, 3.63) is 30.2 Å². The average Bonchev–Trinajstić information content (AvgIpc) is 3.37. The van der Waals surface area contributed by atoms with E-state index in [0.717, 1.165) is 23.1 Å². The van der Waals surface area contributed by atoms with Gasteiger partial charge in [0.25, 0.3) is 5.89 Å². The van der Waals surface area contributed by atoms with Crippen molar-refractivity contribution in [2.45, 2.75) is 38.7 Å². The van der Waals surface area contributed by atoms with Crippen LogP contribution in [0.2, 0.25) is 0 Å². The van der Waals surface area contributed by atoms with Crippen LogP contribution in [0, 0.1) is 17.8 Å². The SMILES string of the molecule is COc1cccc(-c2noc(COC(=O)C[C@H]3C[C@@H]4CC[C@@H]3C4)n2)c1. The third-order valence-corrected chi connectivity index (χ3v) is 5.47. The topological polar surface area (TPSA) is 74.5 Å². The molecule has 132 valence electrons. The molecule has 3 atom stereocenters. The van der Waals surface area contributed by atoms with Gasteiger partial charge in [0.2, 0.25) is 5.82 Å². The van der Waals surface area contributed by atoms with E-state index in [1.165, 1.54) is 25.7 Å². The summed E-state index contributed by atoms with van der Waals surface area (Å²) < 4.78 is 15.7. The maximum Gasteiger partial charge on any atom is 0.306 e. The van der Waals surface area contributed by atoms with Crippen LogP contribution in [-0.2, 0) is 16.1 Å². The van der Waals surface area contributed by atoms with Crippen LogP contribution in [0.3, 0.4) is 0 Å². The number of carbonyl (C=O) groups is 1. The maximum atomic E-state index is 12.1. The number of carbonyl (C=O) groups excluding carboxylic acids is 1. The molecule has 0 unspecified atom stereocenters. The molecule has 6 heteroatoms. The molecule has 0 amide bonds. The van der Waals surface area contributed by atoms with Crippen LogP contribution < -0.4 is 4.74 Å². The Labute approximate surface area is 146 Å². The van der Waals surface area contributed by atoms with E-state index in [1.54, 1.807) is 7.11 Å². The van der Waals surface area contributed by atoms with Gasteiger partial charge in [0.15, 0.2) is 6.61 Å². The molecule has 1 aromatic heterocycles. The highest BCUT2D eigenvalue weighted by atomic mass is 16.6. The Hall–Kier alpha value is -2.37. The number of nitrogens with zero attached hydrogens (tertiary/aromatic N) is 2. The fraction of sp³-hybridized carbons (Fsp3) is 0.526. The zero-order chi connectivity index (χ0) is 17.2.